The van der Waals surface area contributed by atoms with Crippen molar-refractivity contribution in [2.75, 3.05) is 0 Å². The smallest absolute Gasteiger partial charge is 0.547 e. The molecule has 0 amide bonds. The molecule has 4 atom stereocenters. The molecular weight excluding hydrogens is 394 g/mol. The number of rotatable bonds is 6. The summed E-state index contributed by atoms with van der Waals surface area (Å²) in [6.07, 6.45) is -11.2. The Morgan fingerprint density at radius 1 is 0.538 bits per heavy atom. The molecule has 0 fully saturated rings. The fourth-order valence-corrected chi connectivity index (χ4v) is 0.528. The van der Waals surface area contributed by atoms with Gasteiger partial charge in [0.1, 0.15) is 12.2 Å². The second kappa shape index (κ2) is 18.8. The minimum Gasteiger partial charge on any atom is -0.547 e. The molecule has 0 saturated heterocycles. The minimum absolute atomic E-state index is 0. The van der Waals surface area contributed by atoms with Crippen molar-refractivity contribution in [1.82, 2.24) is 0 Å². The van der Waals surface area contributed by atoms with E-state index in [1.165, 1.54) is 0 Å². The number of aliphatic hydroxyl groups is 4. The maximum absolute atomic E-state index is 9.77. The molecule has 0 bridgehead atoms. The first kappa shape index (κ1) is 36.0. The van der Waals surface area contributed by atoms with Gasteiger partial charge in [0.25, 0.3) is 0 Å². The van der Waals surface area contributed by atoms with Crippen LogP contribution in [0, 0.1) is 0 Å². The van der Waals surface area contributed by atoms with E-state index in [0.717, 1.165) is 0 Å². The zero-order valence-corrected chi connectivity index (χ0v) is 17.2. The van der Waals surface area contributed by atoms with E-state index < -0.39 is 54.4 Å². The topological polar surface area (TPSA) is 293 Å². The molecule has 0 aromatic heterocycles. The van der Waals surface area contributed by atoms with Crippen molar-refractivity contribution >= 4 is 30.0 Å². The molecule has 8 N–H and O–H groups in total. The van der Waals surface area contributed by atoms with Gasteiger partial charge in [-0.1, -0.05) is 0 Å². The van der Waals surface area contributed by atoms with Crippen LogP contribution in [0.2, 0.25) is 0 Å². The summed E-state index contributed by atoms with van der Waals surface area (Å²) in [6, 6.07) is 0. The molecule has 0 aliphatic carbocycles. The number of carboxylic acid groups (broad SMARTS) is 6. The van der Waals surface area contributed by atoms with E-state index in [-0.39, 0.29) is 59.1 Å². The maximum Gasteiger partial charge on any atom is 1.00 e. The standard InChI is InChI=1S/2C4H6O6.CH2O3.2Na/c2*5-1(3(7)8)2(6)4(9)10;2-1(3)4;;/h2*1-2,5-6H,(H,7,8)(H,9,10);(H2,2,3,4);;/q;;;2*+1/p-2. The molecule has 0 aliphatic heterocycles. The van der Waals surface area contributed by atoms with Crippen LogP contribution in [0.4, 0.5) is 4.79 Å². The summed E-state index contributed by atoms with van der Waals surface area (Å²) in [5.74, 6) is -7.65. The summed E-state index contributed by atoms with van der Waals surface area (Å²) in [5, 5.41) is 82.2. The van der Waals surface area contributed by atoms with Gasteiger partial charge >= 0.3 is 77.2 Å². The van der Waals surface area contributed by atoms with E-state index in [2.05, 4.69) is 0 Å². The average Bonchev–Trinajstić information content (AvgIpc) is 2.43. The Labute approximate surface area is 187 Å². The molecule has 0 aromatic rings. The van der Waals surface area contributed by atoms with Gasteiger partial charge in [0, 0.05) is 0 Å². The second-order valence-corrected chi connectivity index (χ2v) is 3.38. The summed E-state index contributed by atoms with van der Waals surface area (Å²) < 4.78 is 0. The molecule has 0 radical (unpaired) electrons. The van der Waals surface area contributed by atoms with Crippen LogP contribution in [0.1, 0.15) is 0 Å². The average molecular weight is 406 g/mol. The molecule has 0 rings (SSSR count). The molecule has 0 saturated carbocycles. The number of carbonyl (C=O) groups is 5. The Kier molecular flexibility index (Phi) is 26.0. The Balaban J connectivity index is -0.0000000883. The van der Waals surface area contributed by atoms with E-state index in [0.29, 0.717) is 0 Å². The van der Waals surface area contributed by atoms with Gasteiger partial charge in [-0.05, 0) is 0 Å². The SMILES string of the molecule is O=C(O)C(O)C(O)C(=O)O.O=C(O)O.O=C([O-])C(O)C(O)C(=O)[O-].[Na+].[Na+]. The quantitative estimate of drug-likeness (QED) is 0.190. The fourth-order valence-electron chi connectivity index (χ4n) is 0.528. The van der Waals surface area contributed by atoms with E-state index in [9.17, 15) is 29.4 Å². The van der Waals surface area contributed by atoms with Crippen molar-refractivity contribution in [2.24, 2.45) is 0 Å². The van der Waals surface area contributed by atoms with Crippen molar-refractivity contribution in [2.45, 2.75) is 24.4 Å². The van der Waals surface area contributed by atoms with Crippen molar-refractivity contribution in [3.8, 4) is 0 Å². The predicted molar refractivity (Wildman–Crippen MR) is 60.0 cm³/mol. The largest absolute Gasteiger partial charge is 1.00 e. The maximum atomic E-state index is 9.77. The molecule has 0 heterocycles. The zero-order valence-electron chi connectivity index (χ0n) is 13.2. The number of carboxylic acids is 4. The van der Waals surface area contributed by atoms with Crippen molar-refractivity contribution in [1.29, 1.82) is 0 Å². The van der Waals surface area contributed by atoms with Crippen molar-refractivity contribution in [3.63, 3.8) is 0 Å². The van der Waals surface area contributed by atoms with Gasteiger partial charge < -0.3 is 60.7 Å². The number of aliphatic hydroxyl groups excluding tert-OH is 4. The third kappa shape index (κ3) is 21.0. The summed E-state index contributed by atoms with van der Waals surface area (Å²) in [7, 11) is 0. The van der Waals surface area contributed by atoms with Gasteiger partial charge in [-0.3, -0.25) is 0 Å². The molecule has 0 spiro atoms. The van der Waals surface area contributed by atoms with E-state index in [1.54, 1.807) is 0 Å². The molecule has 15 nitrogen and oxygen atoms in total. The minimum atomic E-state index is -2.44. The van der Waals surface area contributed by atoms with Crippen molar-refractivity contribution < 1.29 is 134 Å². The van der Waals surface area contributed by atoms with Crippen LogP contribution in [0.25, 0.3) is 0 Å². The molecule has 140 valence electrons. The van der Waals surface area contributed by atoms with Gasteiger partial charge in [0.2, 0.25) is 0 Å². The van der Waals surface area contributed by atoms with Crippen LogP contribution in [-0.2, 0) is 19.2 Å². The Morgan fingerprint density at radius 2 is 0.692 bits per heavy atom. The third-order valence-corrected chi connectivity index (χ3v) is 1.59. The van der Waals surface area contributed by atoms with E-state index in [4.69, 9.17) is 45.6 Å². The Hall–Kier alpha value is -1.01. The summed E-state index contributed by atoms with van der Waals surface area (Å²) in [6.45, 7) is 0. The monoisotopic (exact) mass is 406 g/mol. The molecule has 0 aliphatic rings. The van der Waals surface area contributed by atoms with Gasteiger partial charge in [0.05, 0.1) is 11.9 Å². The number of hydrogen-bond donors (Lipinski definition) is 8. The summed E-state index contributed by atoms with van der Waals surface area (Å²) in [4.78, 5) is 47.4. The first-order valence-corrected chi connectivity index (χ1v) is 5.18. The van der Waals surface area contributed by atoms with E-state index >= 15 is 0 Å². The first-order chi connectivity index (χ1) is 10.7. The fraction of sp³-hybridized carbons (Fsp3) is 0.444. The van der Waals surface area contributed by atoms with Gasteiger partial charge in [0.15, 0.2) is 12.2 Å². The second-order valence-electron chi connectivity index (χ2n) is 3.38. The number of hydrogen-bond acceptors (Lipinski definition) is 11. The summed E-state index contributed by atoms with van der Waals surface area (Å²) >= 11 is 0. The van der Waals surface area contributed by atoms with Crippen LogP contribution in [0.5, 0.6) is 0 Å². The van der Waals surface area contributed by atoms with Crippen molar-refractivity contribution in [3.05, 3.63) is 0 Å². The molecule has 26 heavy (non-hydrogen) atoms. The number of carbonyl (C=O) groups excluding carboxylic acids is 2. The Morgan fingerprint density at radius 3 is 0.769 bits per heavy atom. The summed E-state index contributed by atoms with van der Waals surface area (Å²) in [5.41, 5.74) is 0. The van der Waals surface area contributed by atoms with Crippen LogP contribution in [0.15, 0.2) is 0 Å². The zero-order chi connectivity index (χ0) is 20.2. The molecular formula is C9H12Na2O15. The van der Waals surface area contributed by atoms with Crippen LogP contribution in [-0.4, -0.2) is 95.3 Å². The Bertz CT molecular complexity index is 390. The first-order valence-electron chi connectivity index (χ1n) is 5.18. The van der Waals surface area contributed by atoms with Gasteiger partial charge in [-0.15, -0.1) is 0 Å². The number of aliphatic carboxylic acids is 4. The normalized spacial score (nSPS) is 13.1. The van der Waals surface area contributed by atoms with Gasteiger partial charge in [-0.25, -0.2) is 14.4 Å². The van der Waals surface area contributed by atoms with E-state index in [1.807, 2.05) is 0 Å². The van der Waals surface area contributed by atoms with Crippen LogP contribution < -0.4 is 69.3 Å². The van der Waals surface area contributed by atoms with Crippen LogP contribution in [0.3, 0.4) is 0 Å². The molecule has 4 unspecified atom stereocenters. The molecule has 17 heteroatoms. The predicted octanol–water partition coefficient (Wildman–Crippen LogP) is -12.7. The molecule has 0 aromatic carbocycles. The van der Waals surface area contributed by atoms with Gasteiger partial charge in [-0.2, -0.15) is 0 Å². The van der Waals surface area contributed by atoms with Crippen LogP contribution >= 0.6 is 0 Å². The third-order valence-electron chi connectivity index (χ3n) is 1.59.